The molecule has 9 heteroatoms. The van der Waals surface area contributed by atoms with Crippen LogP contribution in [0, 0.1) is 5.82 Å². The summed E-state index contributed by atoms with van der Waals surface area (Å²) in [5, 5.41) is 0.791. The zero-order chi connectivity index (χ0) is 20.6. The highest BCUT2D eigenvalue weighted by Gasteiger charge is 2.43. The molecule has 0 aliphatic carbocycles. The summed E-state index contributed by atoms with van der Waals surface area (Å²) >= 11 is 1.33. The average molecular weight is 433 g/mol. The van der Waals surface area contributed by atoms with Gasteiger partial charge < -0.3 is 19.3 Å². The van der Waals surface area contributed by atoms with Crippen molar-refractivity contribution in [2.75, 3.05) is 37.7 Å². The minimum atomic E-state index is -0.472. The summed E-state index contributed by atoms with van der Waals surface area (Å²) in [5.74, 6) is 0.144. The van der Waals surface area contributed by atoms with Crippen LogP contribution in [0.5, 0.6) is 0 Å². The lowest BCUT2D eigenvalue weighted by Crippen LogP contribution is -2.52. The van der Waals surface area contributed by atoms with Gasteiger partial charge in [-0.1, -0.05) is 12.1 Å². The van der Waals surface area contributed by atoms with Crippen molar-refractivity contribution in [1.82, 2.24) is 14.3 Å². The molecule has 3 saturated heterocycles. The van der Waals surface area contributed by atoms with Gasteiger partial charge in [0.15, 0.2) is 5.79 Å². The number of hydrogen-bond acceptors (Lipinski definition) is 7. The van der Waals surface area contributed by atoms with E-state index >= 15 is 0 Å². The summed E-state index contributed by atoms with van der Waals surface area (Å²) in [6, 6.07) is 6.21. The summed E-state index contributed by atoms with van der Waals surface area (Å²) in [4.78, 5) is 22.0. The fourth-order valence-corrected chi connectivity index (χ4v) is 5.30. The zero-order valence-electron chi connectivity index (χ0n) is 16.8. The second kappa shape index (κ2) is 8.20. The van der Waals surface area contributed by atoms with E-state index in [-0.39, 0.29) is 17.8 Å². The molecule has 1 spiro atoms. The molecule has 4 heterocycles. The Bertz CT molecular complexity index is 890. The number of rotatable bonds is 4. The van der Waals surface area contributed by atoms with Crippen LogP contribution >= 0.6 is 11.5 Å². The SMILES string of the molecule is O=C(C1CCCN1c1nc(Cc2ccc(F)cc2)ns1)N1CCC2(CC1)OCCO2. The Morgan fingerprint density at radius 3 is 2.63 bits per heavy atom. The Morgan fingerprint density at radius 1 is 1.17 bits per heavy atom. The van der Waals surface area contributed by atoms with Crippen molar-refractivity contribution in [3.05, 3.63) is 41.5 Å². The van der Waals surface area contributed by atoms with Gasteiger partial charge >= 0.3 is 0 Å². The summed E-state index contributed by atoms with van der Waals surface area (Å²) in [7, 11) is 0. The quantitative estimate of drug-likeness (QED) is 0.740. The van der Waals surface area contributed by atoms with E-state index < -0.39 is 5.79 Å². The second-order valence-electron chi connectivity index (χ2n) is 8.08. The number of anilines is 1. The number of hydrogen-bond donors (Lipinski definition) is 0. The fraction of sp³-hybridized carbons (Fsp3) is 0.571. The highest BCUT2D eigenvalue weighted by Crippen LogP contribution is 2.33. The molecule has 3 fully saturated rings. The monoisotopic (exact) mass is 432 g/mol. The van der Waals surface area contributed by atoms with E-state index in [0.717, 1.165) is 42.9 Å². The Morgan fingerprint density at radius 2 is 1.90 bits per heavy atom. The molecule has 7 nitrogen and oxygen atoms in total. The molecule has 1 amide bonds. The maximum atomic E-state index is 13.2. The maximum Gasteiger partial charge on any atom is 0.245 e. The van der Waals surface area contributed by atoms with Gasteiger partial charge in [0.1, 0.15) is 17.7 Å². The molecule has 0 saturated carbocycles. The first-order valence-electron chi connectivity index (χ1n) is 10.5. The second-order valence-corrected chi connectivity index (χ2v) is 8.81. The third-order valence-corrected chi connectivity index (χ3v) is 6.96. The summed E-state index contributed by atoms with van der Waals surface area (Å²) in [6.45, 7) is 3.42. The van der Waals surface area contributed by atoms with Gasteiger partial charge in [-0.2, -0.15) is 4.37 Å². The molecule has 3 aliphatic heterocycles. The number of likely N-dealkylation sites (tertiary alicyclic amines) is 1. The third-order valence-electron chi connectivity index (χ3n) is 6.17. The van der Waals surface area contributed by atoms with Crippen molar-refractivity contribution in [3.8, 4) is 0 Å². The van der Waals surface area contributed by atoms with Crippen LogP contribution in [0.25, 0.3) is 0 Å². The van der Waals surface area contributed by atoms with Crippen LogP contribution in [0.1, 0.15) is 37.1 Å². The lowest BCUT2D eigenvalue weighted by molar-refractivity contribution is -0.187. The number of benzene rings is 1. The molecule has 0 N–H and O–H groups in total. The van der Waals surface area contributed by atoms with Crippen molar-refractivity contribution >= 4 is 22.6 Å². The highest BCUT2D eigenvalue weighted by molar-refractivity contribution is 7.09. The molecule has 1 atom stereocenters. The molecule has 0 radical (unpaired) electrons. The minimum absolute atomic E-state index is 0.163. The average Bonchev–Trinajstić information content (AvgIpc) is 3.51. The van der Waals surface area contributed by atoms with Crippen molar-refractivity contribution in [3.63, 3.8) is 0 Å². The Balaban J connectivity index is 1.23. The molecular formula is C21H25FN4O3S. The van der Waals surface area contributed by atoms with Gasteiger partial charge in [0.05, 0.1) is 13.2 Å². The number of ether oxygens (including phenoxy) is 2. The Kier molecular flexibility index (Phi) is 5.43. The minimum Gasteiger partial charge on any atom is -0.347 e. The standard InChI is InChI=1S/C21H25FN4O3S/c22-16-5-3-15(4-6-16)14-18-23-20(30-24-18)26-9-1-2-17(26)19(27)25-10-7-21(8-11-25)28-12-13-29-21/h3-6,17H,1-2,7-14H2. The van der Waals surface area contributed by atoms with E-state index in [0.29, 0.717) is 38.5 Å². The fourth-order valence-electron chi connectivity index (χ4n) is 4.53. The van der Waals surface area contributed by atoms with Gasteiger partial charge in [0, 0.05) is 50.4 Å². The number of piperidine rings is 1. The summed E-state index contributed by atoms with van der Waals surface area (Å²) in [5.41, 5.74) is 0.966. The van der Waals surface area contributed by atoms with Crippen molar-refractivity contribution in [2.24, 2.45) is 0 Å². The topological polar surface area (TPSA) is 67.8 Å². The molecule has 0 bridgehead atoms. The van der Waals surface area contributed by atoms with E-state index in [1.807, 2.05) is 4.90 Å². The van der Waals surface area contributed by atoms with E-state index in [1.165, 1.54) is 23.7 Å². The first-order valence-corrected chi connectivity index (χ1v) is 11.3. The van der Waals surface area contributed by atoms with Crippen molar-refractivity contribution in [1.29, 1.82) is 0 Å². The number of carbonyl (C=O) groups is 1. The van der Waals surface area contributed by atoms with E-state index in [2.05, 4.69) is 14.3 Å². The molecular weight excluding hydrogens is 407 g/mol. The number of amides is 1. The van der Waals surface area contributed by atoms with Crippen LogP contribution in [0.4, 0.5) is 9.52 Å². The van der Waals surface area contributed by atoms with E-state index in [1.54, 1.807) is 12.1 Å². The smallest absolute Gasteiger partial charge is 0.245 e. The Hall–Kier alpha value is -2.10. The molecule has 160 valence electrons. The van der Waals surface area contributed by atoms with Gasteiger partial charge in [0.25, 0.3) is 0 Å². The van der Waals surface area contributed by atoms with Crippen LogP contribution in [-0.4, -0.2) is 64.8 Å². The first kappa shape index (κ1) is 19.8. The van der Waals surface area contributed by atoms with Gasteiger partial charge in [0.2, 0.25) is 11.0 Å². The predicted octanol–water partition coefficient (Wildman–Crippen LogP) is 2.60. The van der Waals surface area contributed by atoms with Crippen LogP contribution in [-0.2, 0) is 20.7 Å². The van der Waals surface area contributed by atoms with Crippen molar-refractivity contribution < 1.29 is 18.7 Å². The summed E-state index contributed by atoms with van der Waals surface area (Å²) < 4.78 is 29.1. The largest absolute Gasteiger partial charge is 0.347 e. The number of carbonyl (C=O) groups excluding carboxylic acids is 1. The normalized spacial score (nSPS) is 23.4. The van der Waals surface area contributed by atoms with Gasteiger partial charge in [-0.3, -0.25) is 4.79 Å². The van der Waals surface area contributed by atoms with Crippen LogP contribution in [0.3, 0.4) is 0 Å². The van der Waals surface area contributed by atoms with Crippen LogP contribution < -0.4 is 4.90 Å². The molecule has 3 aliphatic rings. The Labute approximate surface area is 179 Å². The lowest BCUT2D eigenvalue weighted by Gasteiger charge is -2.39. The van der Waals surface area contributed by atoms with Gasteiger partial charge in [-0.05, 0) is 30.5 Å². The lowest BCUT2D eigenvalue weighted by atomic mass is 10.0. The zero-order valence-corrected chi connectivity index (χ0v) is 17.6. The molecule has 1 unspecified atom stereocenters. The number of aromatic nitrogens is 2. The molecule has 30 heavy (non-hydrogen) atoms. The number of nitrogens with zero attached hydrogens (tertiary/aromatic N) is 4. The molecule has 5 rings (SSSR count). The predicted molar refractivity (Wildman–Crippen MR) is 110 cm³/mol. The summed E-state index contributed by atoms with van der Waals surface area (Å²) in [6.07, 6.45) is 3.81. The van der Waals surface area contributed by atoms with Crippen molar-refractivity contribution in [2.45, 2.75) is 43.9 Å². The van der Waals surface area contributed by atoms with Crippen LogP contribution in [0.15, 0.2) is 24.3 Å². The number of halogens is 1. The molecule has 2 aromatic rings. The molecule has 1 aromatic carbocycles. The van der Waals surface area contributed by atoms with Gasteiger partial charge in [-0.15, -0.1) is 0 Å². The first-order chi connectivity index (χ1) is 14.6. The third kappa shape index (κ3) is 3.93. The highest BCUT2D eigenvalue weighted by atomic mass is 32.1. The molecule has 1 aromatic heterocycles. The van der Waals surface area contributed by atoms with E-state index in [4.69, 9.17) is 9.47 Å². The van der Waals surface area contributed by atoms with Gasteiger partial charge in [-0.25, -0.2) is 9.37 Å². The van der Waals surface area contributed by atoms with E-state index in [9.17, 15) is 9.18 Å². The maximum absolute atomic E-state index is 13.2. The van der Waals surface area contributed by atoms with Crippen LogP contribution in [0.2, 0.25) is 0 Å².